The Morgan fingerprint density at radius 3 is 2.54 bits per heavy atom. The molecule has 0 aliphatic rings. The van der Waals surface area contributed by atoms with Gasteiger partial charge in [-0.25, -0.2) is 4.98 Å². The number of halogens is 4. The summed E-state index contributed by atoms with van der Waals surface area (Å²) in [6.45, 7) is 0. The number of amides is 1. The molecule has 3 rings (SSSR count). The number of hydrogen-bond donors (Lipinski definition) is 1. The highest BCUT2D eigenvalue weighted by Gasteiger charge is 2.38. The largest absolute Gasteiger partial charge is 0.471 e. The summed E-state index contributed by atoms with van der Waals surface area (Å²) in [6.07, 6.45) is -4.53. The van der Waals surface area contributed by atoms with E-state index < -0.39 is 12.1 Å². The molecule has 0 saturated carbocycles. The monoisotopic (exact) mass is 354 g/mol. The van der Waals surface area contributed by atoms with Crippen LogP contribution in [0.1, 0.15) is 11.5 Å². The van der Waals surface area contributed by atoms with Gasteiger partial charge >= 0.3 is 12.1 Å². The molecule has 0 aliphatic heterocycles. The molecule has 1 aromatic heterocycles. The van der Waals surface area contributed by atoms with Crippen molar-refractivity contribution in [3.8, 4) is 0 Å². The number of alkyl halides is 3. The normalized spacial score (nSPS) is 11.7. The third-order valence-electron chi connectivity index (χ3n) is 3.22. The van der Waals surface area contributed by atoms with Crippen molar-refractivity contribution in [2.24, 2.45) is 0 Å². The third-order valence-corrected chi connectivity index (χ3v) is 3.47. The fourth-order valence-corrected chi connectivity index (χ4v) is 2.23. The van der Waals surface area contributed by atoms with Crippen molar-refractivity contribution >= 4 is 34.3 Å². The second kappa shape index (κ2) is 6.16. The maximum Gasteiger partial charge on any atom is 0.471 e. The number of benzene rings is 2. The fourth-order valence-electron chi connectivity index (χ4n) is 2.11. The smallest absolute Gasteiger partial charge is 0.440 e. The summed E-state index contributed by atoms with van der Waals surface area (Å²) in [6, 6.07) is 11.2. The zero-order chi connectivity index (χ0) is 17.3. The minimum Gasteiger partial charge on any atom is -0.440 e. The number of carbonyl (C=O) groups is 1. The first-order valence-corrected chi connectivity index (χ1v) is 7.21. The van der Waals surface area contributed by atoms with Gasteiger partial charge < -0.3 is 9.73 Å². The SMILES string of the molecule is O=C(Nc1ccc2oc(Cc3ccc(Cl)cc3)nc2c1)C(F)(F)F. The van der Waals surface area contributed by atoms with Crippen LogP contribution in [-0.4, -0.2) is 17.1 Å². The Kier molecular flexibility index (Phi) is 4.19. The van der Waals surface area contributed by atoms with Gasteiger partial charge in [-0.2, -0.15) is 13.2 Å². The predicted molar refractivity (Wildman–Crippen MR) is 83.0 cm³/mol. The zero-order valence-corrected chi connectivity index (χ0v) is 12.8. The summed E-state index contributed by atoms with van der Waals surface area (Å²) >= 11 is 5.82. The van der Waals surface area contributed by atoms with Crippen LogP contribution in [0.15, 0.2) is 46.9 Å². The van der Waals surface area contributed by atoms with Crippen molar-refractivity contribution < 1.29 is 22.4 Å². The van der Waals surface area contributed by atoms with Gasteiger partial charge in [0.15, 0.2) is 11.5 Å². The number of nitrogens with zero attached hydrogens (tertiary/aromatic N) is 1. The molecule has 0 unspecified atom stereocenters. The minimum atomic E-state index is -4.95. The number of anilines is 1. The summed E-state index contributed by atoms with van der Waals surface area (Å²) in [5.41, 5.74) is 1.70. The third kappa shape index (κ3) is 3.68. The number of fused-ring (bicyclic) bond motifs is 1. The summed E-state index contributed by atoms with van der Waals surface area (Å²) in [7, 11) is 0. The van der Waals surface area contributed by atoms with Crippen molar-refractivity contribution in [1.29, 1.82) is 0 Å². The number of oxazole rings is 1. The van der Waals surface area contributed by atoms with Gasteiger partial charge in [0.05, 0.1) is 0 Å². The number of hydrogen-bond acceptors (Lipinski definition) is 3. The quantitative estimate of drug-likeness (QED) is 0.749. The maximum absolute atomic E-state index is 12.3. The van der Waals surface area contributed by atoms with Gasteiger partial charge in [0.25, 0.3) is 0 Å². The van der Waals surface area contributed by atoms with Crippen molar-refractivity contribution in [3.05, 3.63) is 58.9 Å². The Morgan fingerprint density at radius 1 is 1.17 bits per heavy atom. The number of aromatic nitrogens is 1. The van der Waals surface area contributed by atoms with Crippen molar-refractivity contribution in [2.75, 3.05) is 5.32 Å². The molecule has 24 heavy (non-hydrogen) atoms. The number of carbonyl (C=O) groups excluding carboxylic acids is 1. The summed E-state index contributed by atoms with van der Waals surface area (Å²) in [5, 5.41) is 2.39. The molecule has 0 spiro atoms. The Morgan fingerprint density at radius 2 is 1.88 bits per heavy atom. The lowest BCUT2D eigenvalue weighted by atomic mass is 10.1. The molecule has 1 amide bonds. The van der Waals surface area contributed by atoms with E-state index in [9.17, 15) is 18.0 Å². The van der Waals surface area contributed by atoms with E-state index >= 15 is 0 Å². The standard InChI is InChI=1S/C16H10ClF3N2O2/c17-10-3-1-9(2-4-10)7-14-22-12-8-11(5-6-13(12)24-14)21-15(23)16(18,19)20/h1-6,8H,7H2,(H,21,23). The van der Waals surface area contributed by atoms with E-state index in [0.29, 0.717) is 28.4 Å². The maximum atomic E-state index is 12.3. The van der Waals surface area contributed by atoms with Crippen LogP contribution >= 0.6 is 11.6 Å². The van der Waals surface area contributed by atoms with Crippen LogP contribution in [0, 0.1) is 0 Å². The van der Waals surface area contributed by atoms with Crippen LogP contribution < -0.4 is 5.32 Å². The van der Waals surface area contributed by atoms with Crippen molar-refractivity contribution in [1.82, 2.24) is 4.98 Å². The molecule has 3 aromatic rings. The first-order valence-electron chi connectivity index (χ1n) is 6.83. The fraction of sp³-hybridized carbons (Fsp3) is 0.125. The van der Waals surface area contributed by atoms with E-state index in [-0.39, 0.29) is 5.69 Å². The highest BCUT2D eigenvalue weighted by molar-refractivity contribution is 6.30. The lowest BCUT2D eigenvalue weighted by molar-refractivity contribution is -0.167. The van der Waals surface area contributed by atoms with Crippen LogP contribution in [-0.2, 0) is 11.2 Å². The van der Waals surface area contributed by atoms with E-state index in [1.54, 1.807) is 17.4 Å². The van der Waals surface area contributed by atoms with Gasteiger partial charge in [0.2, 0.25) is 0 Å². The molecular formula is C16H10ClF3N2O2. The van der Waals surface area contributed by atoms with Gasteiger partial charge in [0, 0.05) is 17.1 Å². The van der Waals surface area contributed by atoms with Gasteiger partial charge in [-0.15, -0.1) is 0 Å². The highest BCUT2D eigenvalue weighted by Crippen LogP contribution is 2.24. The molecule has 4 nitrogen and oxygen atoms in total. The Labute approximate surface area is 139 Å². The molecule has 0 fully saturated rings. The van der Waals surface area contributed by atoms with Crippen LogP contribution in [0.5, 0.6) is 0 Å². The molecule has 0 bridgehead atoms. The molecule has 0 aliphatic carbocycles. The molecule has 2 aromatic carbocycles. The molecule has 0 radical (unpaired) electrons. The summed E-state index contributed by atoms with van der Waals surface area (Å²) in [4.78, 5) is 15.2. The van der Waals surface area contributed by atoms with E-state index in [1.807, 2.05) is 12.1 Å². The predicted octanol–water partition coefficient (Wildman–Crippen LogP) is 4.57. The van der Waals surface area contributed by atoms with Gasteiger partial charge in [-0.05, 0) is 35.9 Å². The number of nitrogens with one attached hydrogen (secondary N) is 1. The van der Waals surface area contributed by atoms with E-state index in [4.69, 9.17) is 16.0 Å². The molecule has 124 valence electrons. The molecule has 8 heteroatoms. The van der Waals surface area contributed by atoms with Crippen molar-refractivity contribution in [2.45, 2.75) is 12.6 Å². The lowest BCUT2D eigenvalue weighted by Crippen LogP contribution is -2.29. The minimum absolute atomic E-state index is 0.00355. The molecular weight excluding hydrogens is 345 g/mol. The molecule has 0 saturated heterocycles. The number of rotatable bonds is 3. The zero-order valence-electron chi connectivity index (χ0n) is 12.0. The highest BCUT2D eigenvalue weighted by atomic mass is 35.5. The van der Waals surface area contributed by atoms with E-state index in [2.05, 4.69) is 4.98 Å². The second-order valence-corrected chi connectivity index (χ2v) is 5.48. The van der Waals surface area contributed by atoms with Gasteiger partial charge in [-0.1, -0.05) is 23.7 Å². The summed E-state index contributed by atoms with van der Waals surface area (Å²) in [5.74, 6) is -1.63. The van der Waals surface area contributed by atoms with Crippen LogP contribution in [0.25, 0.3) is 11.1 Å². The van der Waals surface area contributed by atoms with Crippen LogP contribution in [0.3, 0.4) is 0 Å². The first kappa shape index (κ1) is 16.3. The van der Waals surface area contributed by atoms with Crippen LogP contribution in [0.2, 0.25) is 5.02 Å². The Balaban J connectivity index is 1.81. The van der Waals surface area contributed by atoms with Crippen molar-refractivity contribution in [3.63, 3.8) is 0 Å². The Bertz CT molecular complexity index is 888. The molecule has 1 heterocycles. The summed E-state index contributed by atoms with van der Waals surface area (Å²) < 4.78 is 42.4. The van der Waals surface area contributed by atoms with Gasteiger partial charge in [0.1, 0.15) is 5.52 Å². The van der Waals surface area contributed by atoms with Crippen LogP contribution in [0.4, 0.5) is 18.9 Å². The molecule has 0 atom stereocenters. The van der Waals surface area contributed by atoms with E-state index in [1.165, 1.54) is 18.2 Å². The topological polar surface area (TPSA) is 55.1 Å². The Hall–Kier alpha value is -2.54. The molecule has 1 N–H and O–H groups in total. The van der Waals surface area contributed by atoms with Gasteiger partial charge in [-0.3, -0.25) is 4.79 Å². The second-order valence-electron chi connectivity index (χ2n) is 5.05. The van der Waals surface area contributed by atoms with E-state index in [0.717, 1.165) is 5.56 Å². The average molecular weight is 355 g/mol. The average Bonchev–Trinajstić information content (AvgIpc) is 2.90. The lowest BCUT2D eigenvalue weighted by Gasteiger charge is -2.07. The first-order chi connectivity index (χ1) is 11.3.